The highest BCUT2D eigenvalue weighted by Gasteiger charge is 2.38. The Labute approximate surface area is 154 Å². The number of carbonyl (C=O) groups is 1. The molecule has 1 N–H and O–H groups in total. The number of sulfone groups is 1. The van der Waals surface area contributed by atoms with Crippen LogP contribution in [-0.4, -0.2) is 49.4 Å². The molecule has 1 saturated carbocycles. The summed E-state index contributed by atoms with van der Waals surface area (Å²) in [4.78, 5) is 14.8. The molecule has 1 unspecified atom stereocenters. The van der Waals surface area contributed by atoms with Gasteiger partial charge in [0.25, 0.3) is 0 Å². The van der Waals surface area contributed by atoms with E-state index in [1.54, 1.807) is 6.07 Å². The van der Waals surface area contributed by atoms with Gasteiger partial charge in [-0.3, -0.25) is 4.79 Å². The molecule has 7 heteroatoms. The van der Waals surface area contributed by atoms with Crippen LogP contribution in [0.15, 0.2) is 18.2 Å². The topological polar surface area (TPSA) is 66.5 Å². The molecular formula is C19H27FN2O3S. The molecular weight excluding hydrogens is 355 g/mol. The average Bonchev–Trinajstić information content (AvgIpc) is 2.96. The van der Waals surface area contributed by atoms with Crippen molar-refractivity contribution in [2.75, 3.05) is 23.4 Å². The minimum Gasteiger partial charge on any atom is -0.376 e. The molecule has 2 fully saturated rings. The third-order valence-corrected chi connectivity index (χ3v) is 7.24. The van der Waals surface area contributed by atoms with E-state index >= 15 is 0 Å². The molecule has 0 bridgehead atoms. The summed E-state index contributed by atoms with van der Waals surface area (Å²) in [6.07, 6.45) is 5.70. The first-order valence-corrected chi connectivity index (χ1v) is 11.2. The SMILES string of the molecule is Cc1ccc(F)cc1NCC(=O)N(C1CCCCC1)C1CCS(=O)(=O)C1. The quantitative estimate of drug-likeness (QED) is 0.850. The number of nitrogens with zero attached hydrogens (tertiary/aromatic N) is 1. The van der Waals surface area contributed by atoms with E-state index in [0.29, 0.717) is 12.1 Å². The maximum absolute atomic E-state index is 13.5. The van der Waals surface area contributed by atoms with E-state index in [0.717, 1.165) is 31.2 Å². The van der Waals surface area contributed by atoms with Crippen LogP contribution in [0, 0.1) is 12.7 Å². The third kappa shape index (κ3) is 4.55. The summed E-state index contributed by atoms with van der Waals surface area (Å²) in [5.74, 6) is -0.224. The van der Waals surface area contributed by atoms with E-state index in [1.807, 2.05) is 11.8 Å². The van der Waals surface area contributed by atoms with Gasteiger partial charge in [-0.25, -0.2) is 12.8 Å². The van der Waals surface area contributed by atoms with E-state index in [4.69, 9.17) is 0 Å². The number of hydrogen-bond acceptors (Lipinski definition) is 4. The van der Waals surface area contributed by atoms with Gasteiger partial charge in [0.05, 0.1) is 18.1 Å². The molecule has 5 nitrogen and oxygen atoms in total. The molecule has 1 aromatic carbocycles. The van der Waals surface area contributed by atoms with Gasteiger partial charge >= 0.3 is 0 Å². The van der Waals surface area contributed by atoms with Gasteiger partial charge in [0.1, 0.15) is 5.82 Å². The number of halogens is 1. The van der Waals surface area contributed by atoms with Crippen LogP contribution in [0.3, 0.4) is 0 Å². The highest BCUT2D eigenvalue weighted by molar-refractivity contribution is 7.91. The van der Waals surface area contributed by atoms with Crippen LogP contribution in [-0.2, 0) is 14.6 Å². The van der Waals surface area contributed by atoms with Crippen molar-refractivity contribution in [1.29, 1.82) is 0 Å². The number of rotatable bonds is 5. The molecule has 3 rings (SSSR count). The minimum absolute atomic E-state index is 0.0529. The maximum Gasteiger partial charge on any atom is 0.242 e. The summed E-state index contributed by atoms with van der Waals surface area (Å²) in [7, 11) is -3.06. The summed E-state index contributed by atoms with van der Waals surface area (Å²) in [5.41, 5.74) is 1.47. The van der Waals surface area contributed by atoms with Gasteiger partial charge in [0, 0.05) is 17.8 Å². The zero-order valence-electron chi connectivity index (χ0n) is 15.2. The van der Waals surface area contributed by atoms with Crippen LogP contribution in [0.5, 0.6) is 0 Å². The summed E-state index contributed by atoms with van der Waals surface area (Å²) in [6.45, 7) is 1.91. The first-order chi connectivity index (χ1) is 12.4. The Balaban J connectivity index is 1.73. The number of anilines is 1. The molecule has 1 amide bonds. The second-order valence-corrected chi connectivity index (χ2v) is 9.69. The fourth-order valence-electron chi connectivity index (χ4n) is 4.11. The maximum atomic E-state index is 13.5. The molecule has 1 atom stereocenters. The fourth-order valence-corrected chi connectivity index (χ4v) is 5.82. The van der Waals surface area contributed by atoms with Crippen molar-refractivity contribution in [2.45, 2.75) is 57.5 Å². The molecule has 0 aromatic heterocycles. The van der Waals surface area contributed by atoms with Crippen molar-refractivity contribution in [3.05, 3.63) is 29.6 Å². The van der Waals surface area contributed by atoms with E-state index in [-0.39, 0.29) is 41.9 Å². The Morgan fingerprint density at radius 3 is 2.58 bits per heavy atom. The highest BCUT2D eigenvalue weighted by Crippen LogP contribution is 2.28. The van der Waals surface area contributed by atoms with Crippen LogP contribution in [0.1, 0.15) is 44.1 Å². The smallest absolute Gasteiger partial charge is 0.242 e. The van der Waals surface area contributed by atoms with Crippen LogP contribution in [0.4, 0.5) is 10.1 Å². The lowest BCUT2D eigenvalue weighted by Crippen LogP contribution is -2.50. The zero-order chi connectivity index (χ0) is 18.7. The van der Waals surface area contributed by atoms with Crippen molar-refractivity contribution in [3.63, 3.8) is 0 Å². The van der Waals surface area contributed by atoms with Crippen LogP contribution in [0.2, 0.25) is 0 Å². The molecule has 26 heavy (non-hydrogen) atoms. The van der Waals surface area contributed by atoms with Crippen LogP contribution >= 0.6 is 0 Å². The van der Waals surface area contributed by atoms with Crippen molar-refractivity contribution in [2.24, 2.45) is 0 Å². The van der Waals surface area contributed by atoms with Crippen molar-refractivity contribution in [3.8, 4) is 0 Å². The molecule has 1 heterocycles. The lowest BCUT2D eigenvalue weighted by atomic mass is 9.93. The fraction of sp³-hybridized carbons (Fsp3) is 0.632. The molecule has 0 radical (unpaired) electrons. The van der Waals surface area contributed by atoms with Gasteiger partial charge in [0.2, 0.25) is 5.91 Å². The van der Waals surface area contributed by atoms with Crippen molar-refractivity contribution < 1.29 is 17.6 Å². The third-order valence-electron chi connectivity index (χ3n) is 5.49. The minimum atomic E-state index is -3.06. The second kappa shape index (κ2) is 7.94. The molecule has 1 saturated heterocycles. The van der Waals surface area contributed by atoms with Crippen LogP contribution < -0.4 is 5.32 Å². The number of amides is 1. The number of aryl methyl sites for hydroxylation is 1. The van der Waals surface area contributed by atoms with Crippen molar-refractivity contribution in [1.82, 2.24) is 4.90 Å². The summed E-state index contributed by atoms with van der Waals surface area (Å²) in [5, 5.41) is 3.04. The monoisotopic (exact) mass is 382 g/mol. The lowest BCUT2D eigenvalue weighted by Gasteiger charge is -2.38. The Morgan fingerprint density at radius 2 is 1.92 bits per heavy atom. The first kappa shape index (κ1) is 19.1. The van der Waals surface area contributed by atoms with Gasteiger partial charge in [-0.15, -0.1) is 0 Å². The number of nitrogens with one attached hydrogen (secondary N) is 1. The Morgan fingerprint density at radius 1 is 1.19 bits per heavy atom. The molecule has 1 aliphatic carbocycles. The molecule has 2 aliphatic rings. The van der Waals surface area contributed by atoms with Gasteiger partial charge < -0.3 is 10.2 Å². The lowest BCUT2D eigenvalue weighted by molar-refractivity contribution is -0.134. The van der Waals surface area contributed by atoms with Crippen molar-refractivity contribution >= 4 is 21.4 Å². The largest absolute Gasteiger partial charge is 0.376 e. The Hall–Kier alpha value is -1.63. The molecule has 1 aliphatic heterocycles. The van der Waals surface area contributed by atoms with Gasteiger partial charge in [-0.05, 0) is 43.9 Å². The predicted molar refractivity (Wildman–Crippen MR) is 100 cm³/mol. The Kier molecular flexibility index (Phi) is 5.85. The van der Waals surface area contributed by atoms with E-state index in [2.05, 4.69) is 5.32 Å². The van der Waals surface area contributed by atoms with Crippen LogP contribution in [0.25, 0.3) is 0 Å². The van der Waals surface area contributed by atoms with E-state index < -0.39 is 9.84 Å². The van der Waals surface area contributed by atoms with E-state index in [9.17, 15) is 17.6 Å². The molecule has 1 aromatic rings. The standard InChI is InChI=1S/C19H27FN2O3S/c1-14-7-8-15(20)11-18(14)21-12-19(23)22(16-5-3-2-4-6-16)17-9-10-26(24,25)13-17/h7-8,11,16-17,21H,2-6,9-10,12-13H2,1H3. The zero-order valence-corrected chi connectivity index (χ0v) is 16.0. The van der Waals surface area contributed by atoms with Gasteiger partial charge in [0.15, 0.2) is 9.84 Å². The van der Waals surface area contributed by atoms with Gasteiger partial charge in [-0.1, -0.05) is 25.3 Å². The summed E-state index contributed by atoms with van der Waals surface area (Å²) >= 11 is 0. The molecule has 0 spiro atoms. The highest BCUT2D eigenvalue weighted by atomic mass is 32.2. The normalized spacial score (nSPS) is 22.9. The first-order valence-electron chi connectivity index (χ1n) is 9.37. The number of hydrogen-bond donors (Lipinski definition) is 1. The van der Waals surface area contributed by atoms with E-state index in [1.165, 1.54) is 18.6 Å². The molecule has 144 valence electrons. The summed E-state index contributed by atoms with van der Waals surface area (Å²) < 4.78 is 37.3. The summed E-state index contributed by atoms with van der Waals surface area (Å²) in [6, 6.07) is 4.33. The Bertz CT molecular complexity index is 760. The predicted octanol–water partition coefficient (Wildman–Crippen LogP) is 2.89. The number of benzene rings is 1. The average molecular weight is 383 g/mol. The second-order valence-electron chi connectivity index (χ2n) is 7.46. The van der Waals surface area contributed by atoms with Gasteiger partial charge in [-0.2, -0.15) is 0 Å². The number of carbonyl (C=O) groups excluding carboxylic acids is 1.